The number of likely N-dealkylation sites (N-methyl/N-ethyl adjacent to an activating group) is 1. The monoisotopic (exact) mass is 855 g/mol. The highest BCUT2D eigenvalue weighted by atomic mass is 32.1. The van der Waals surface area contributed by atoms with E-state index in [1.54, 1.807) is 41.5 Å². The third-order valence-electron chi connectivity index (χ3n) is 11.9. The van der Waals surface area contributed by atoms with Crippen LogP contribution in [0.3, 0.4) is 0 Å². The lowest BCUT2D eigenvalue weighted by atomic mass is 9.66. The van der Waals surface area contributed by atoms with Crippen molar-refractivity contribution in [2.24, 2.45) is 34.8 Å². The normalized spacial score (nSPS) is 17.8. The zero-order chi connectivity index (χ0) is 44.9. The molecule has 60 heavy (non-hydrogen) atoms. The van der Waals surface area contributed by atoms with Crippen molar-refractivity contribution in [2.75, 3.05) is 20.3 Å². The van der Waals surface area contributed by atoms with E-state index in [1.165, 1.54) is 6.92 Å². The first-order chi connectivity index (χ1) is 28.2. The summed E-state index contributed by atoms with van der Waals surface area (Å²) in [6.07, 6.45) is 3.70. The lowest BCUT2D eigenvalue weighted by Crippen LogP contribution is -2.56. The molecule has 0 spiro atoms. The first-order valence-corrected chi connectivity index (χ1v) is 22.3. The molecular formula is C45H69N5O9S. The number of primary amides is 1. The molecule has 334 valence electrons. The molecule has 1 aromatic heterocycles. The van der Waals surface area contributed by atoms with Gasteiger partial charge in [0.25, 0.3) is 5.91 Å². The van der Waals surface area contributed by atoms with Crippen molar-refractivity contribution in [3.05, 3.63) is 45.9 Å². The summed E-state index contributed by atoms with van der Waals surface area (Å²) in [5.74, 6) is -4.03. The standard InChI is InChI=1S/C45H69N5O9S/c1-11-15-38(53)58-26-50(44(57)39(28(5)12-2)45(8,9)40(54)35-16-13-14-21-49(35)10)36(27(3)4)24-37(59-30(7)51)43-48-34(25-60-43)42(56)47-32(22-29(6)41(46)55)23-31-17-19-33(52)20-18-31/h17-20,25,27-29,32,35-37,39,52H,11-16,21-24,26H2,1-10H3,(H2,46,55)(H,47,56)/t28?,29-,32+,35+,36+,37+,39-/m0/s1. The van der Waals surface area contributed by atoms with Gasteiger partial charge in [0, 0.05) is 48.6 Å². The Morgan fingerprint density at radius 1 is 1.05 bits per heavy atom. The number of carbonyl (C=O) groups is 6. The molecule has 15 heteroatoms. The third kappa shape index (κ3) is 13.8. The number of rotatable bonds is 23. The number of esters is 2. The van der Waals surface area contributed by atoms with E-state index in [1.807, 2.05) is 55.5 Å². The molecule has 0 aliphatic carbocycles. The second-order valence-corrected chi connectivity index (χ2v) is 18.3. The molecule has 1 aromatic carbocycles. The lowest BCUT2D eigenvalue weighted by Gasteiger charge is -2.45. The van der Waals surface area contributed by atoms with Crippen LogP contribution in [0.2, 0.25) is 0 Å². The van der Waals surface area contributed by atoms with Gasteiger partial charge in [0.15, 0.2) is 18.6 Å². The van der Waals surface area contributed by atoms with E-state index in [-0.39, 0.29) is 67.0 Å². The Morgan fingerprint density at radius 2 is 1.72 bits per heavy atom. The van der Waals surface area contributed by atoms with Crippen LogP contribution in [0.25, 0.3) is 0 Å². The maximum absolute atomic E-state index is 15.2. The van der Waals surface area contributed by atoms with Gasteiger partial charge in [-0.1, -0.05) is 80.4 Å². The molecule has 0 saturated carbocycles. The number of ether oxygens (including phenoxy) is 2. The quantitative estimate of drug-likeness (QED) is 0.0805. The van der Waals surface area contributed by atoms with Gasteiger partial charge in [-0.25, -0.2) is 4.98 Å². The van der Waals surface area contributed by atoms with Crippen molar-refractivity contribution in [1.82, 2.24) is 20.1 Å². The Labute approximate surface area is 360 Å². The SMILES string of the molecule is CCCC(=O)OCN(C(=O)[C@H](C(C)CC)C(C)(C)C(=O)[C@H]1CCCCN1C)[C@H](C[C@@H](OC(C)=O)c1nc(C(=O)N[C@@H](Cc2ccc(O)cc2)C[C@H](C)C(N)=O)cs1)C(C)C. The molecule has 1 aliphatic rings. The van der Waals surface area contributed by atoms with E-state index in [0.29, 0.717) is 24.3 Å². The Bertz CT molecular complexity index is 1760. The minimum Gasteiger partial charge on any atom is -0.508 e. The number of nitrogens with zero attached hydrogens (tertiary/aromatic N) is 3. The van der Waals surface area contributed by atoms with Crippen molar-refractivity contribution < 1.29 is 43.3 Å². The van der Waals surface area contributed by atoms with Crippen LogP contribution in [-0.2, 0) is 39.9 Å². The third-order valence-corrected chi connectivity index (χ3v) is 12.8. The largest absolute Gasteiger partial charge is 0.508 e. The molecule has 0 radical (unpaired) electrons. The fourth-order valence-corrected chi connectivity index (χ4v) is 9.08. The topological polar surface area (TPSA) is 199 Å². The Balaban J connectivity index is 2.01. The number of aromatic nitrogens is 1. The fourth-order valence-electron chi connectivity index (χ4n) is 8.24. The number of hydrogen-bond donors (Lipinski definition) is 3. The van der Waals surface area contributed by atoms with Gasteiger partial charge < -0.3 is 30.5 Å². The van der Waals surface area contributed by atoms with Crippen LogP contribution in [0.5, 0.6) is 5.75 Å². The first kappa shape index (κ1) is 50.0. The van der Waals surface area contributed by atoms with Crippen LogP contribution in [0.4, 0.5) is 0 Å². The molecular weight excluding hydrogens is 787 g/mol. The summed E-state index contributed by atoms with van der Waals surface area (Å²) >= 11 is 1.13. The molecule has 14 nitrogen and oxygen atoms in total. The second-order valence-electron chi connectivity index (χ2n) is 17.4. The van der Waals surface area contributed by atoms with Gasteiger partial charge in [0.05, 0.1) is 12.0 Å². The average Bonchev–Trinajstić information content (AvgIpc) is 3.68. The van der Waals surface area contributed by atoms with Gasteiger partial charge in [0.1, 0.15) is 16.5 Å². The Morgan fingerprint density at radius 3 is 2.28 bits per heavy atom. The molecule has 1 saturated heterocycles. The van der Waals surface area contributed by atoms with Crippen LogP contribution in [-0.4, -0.2) is 93.8 Å². The number of nitrogens with one attached hydrogen (secondary N) is 1. The smallest absolute Gasteiger partial charge is 0.307 e. The van der Waals surface area contributed by atoms with E-state index in [9.17, 15) is 29.1 Å². The molecule has 1 aliphatic heterocycles. The predicted molar refractivity (Wildman–Crippen MR) is 231 cm³/mol. The van der Waals surface area contributed by atoms with Gasteiger partial charge in [0.2, 0.25) is 11.8 Å². The number of phenolic OH excluding ortho intramolecular Hbond substituents is 1. The fraction of sp³-hybridized carbons (Fsp3) is 0.667. The number of hydrogen-bond acceptors (Lipinski definition) is 12. The number of carbonyl (C=O) groups excluding carboxylic acids is 6. The highest BCUT2D eigenvalue weighted by molar-refractivity contribution is 7.09. The van der Waals surface area contributed by atoms with Crippen molar-refractivity contribution in [3.63, 3.8) is 0 Å². The Hall–Kier alpha value is -4.37. The van der Waals surface area contributed by atoms with E-state index < -0.39 is 59.2 Å². The van der Waals surface area contributed by atoms with Gasteiger partial charge in [-0.2, -0.15) is 0 Å². The zero-order valence-corrected chi connectivity index (χ0v) is 38.1. The summed E-state index contributed by atoms with van der Waals surface area (Å²) in [5, 5.41) is 14.6. The predicted octanol–water partition coefficient (Wildman–Crippen LogP) is 6.59. The van der Waals surface area contributed by atoms with Crippen LogP contribution < -0.4 is 11.1 Å². The van der Waals surface area contributed by atoms with E-state index >= 15 is 4.79 Å². The molecule has 7 atom stereocenters. The van der Waals surface area contributed by atoms with Crippen molar-refractivity contribution in [2.45, 2.75) is 144 Å². The highest BCUT2D eigenvalue weighted by Crippen LogP contribution is 2.41. The van der Waals surface area contributed by atoms with Crippen molar-refractivity contribution >= 4 is 46.8 Å². The zero-order valence-electron chi connectivity index (χ0n) is 37.3. The summed E-state index contributed by atoms with van der Waals surface area (Å²) in [7, 11) is 1.95. The van der Waals surface area contributed by atoms with E-state index in [2.05, 4.69) is 15.2 Å². The maximum atomic E-state index is 15.2. The summed E-state index contributed by atoms with van der Waals surface area (Å²) in [6, 6.07) is 5.08. The number of ketones is 1. The Kier molecular flexibility index (Phi) is 19.2. The number of nitrogens with two attached hydrogens (primary N) is 1. The molecule has 4 N–H and O–H groups in total. The summed E-state index contributed by atoms with van der Waals surface area (Å²) in [5.41, 5.74) is 5.40. The van der Waals surface area contributed by atoms with Crippen LogP contribution in [0.15, 0.2) is 29.6 Å². The summed E-state index contributed by atoms with van der Waals surface area (Å²) in [6.45, 7) is 16.8. The number of aromatic hydroxyl groups is 1. The van der Waals surface area contributed by atoms with Gasteiger partial charge in [-0.05, 0) is 75.2 Å². The minimum atomic E-state index is -1.07. The number of benzene rings is 1. The average molecular weight is 856 g/mol. The minimum absolute atomic E-state index is 0.00754. The van der Waals surface area contributed by atoms with E-state index in [0.717, 1.165) is 42.7 Å². The second kappa shape index (κ2) is 23.0. The summed E-state index contributed by atoms with van der Waals surface area (Å²) in [4.78, 5) is 89.1. The molecule has 1 fully saturated rings. The molecule has 3 rings (SSSR count). The molecule has 1 unspecified atom stereocenters. The molecule has 2 aromatic rings. The van der Waals surface area contributed by atoms with Crippen molar-refractivity contribution in [1.29, 1.82) is 0 Å². The van der Waals surface area contributed by atoms with Crippen molar-refractivity contribution in [3.8, 4) is 5.75 Å². The molecule has 0 bridgehead atoms. The summed E-state index contributed by atoms with van der Waals surface area (Å²) < 4.78 is 11.6. The van der Waals surface area contributed by atoms with E-state index in [4.69, 9.17) is 15.2 Å². The maximum Gasteiger partial charge on any atom is 0.307 e. The number of Topliss-reactive ketones (excluding diaryl/α,β-unsaturated/α-hetero) is 1. The van der Waals surface area contributed by atoms with Crippen LogP contribution in [0, 0.1) is 29.1 Å². The lowest BCUT2D eigenvalue weighted by molar-refractivity contribution is -0.166. The number of thiazole rings is 1. The number of piperidine rings is 1. The molecule has 3 amide bonds. The van der Waals surface area contributed by atoms with Gasteiger partial charge >= 0.3 is 11.9 Å². The highest BCUT2D eigenvalue weighted by Gasteiger charge is 2.49. The first-order valence-electron chi connectivity index (χ1n) is 21.4. The number of likely N-dealkylation sites (tertiary alicyclic amines) is 1. The van der Waals surface area contributed by atoms with Gasteiger partial charge in [-0.15, -0.1) is 11.3 Å². The molecule has 2 heterocycles. The number of amides is 3. The van der Waals surface area contributed by atoms with Crippen LogP contribution >= 0.6 is 11.3 Å². The number of phenols is 1. The van der Waals surface area contributed by atoms with Crippen LogP contribution in [0.1, 0.15) is 141 Å². The van der Waals surface area contributed by atoms with Gasteiger partial charge in [-0.3, -0.25) is 33.7 Å².